The highest BCUT2D eigenvalue weighted by atomic mass is 16.5. The molecule has 0 radical (unpaired) electrons. The fourth-order valence-corrected chi connectivity index (χ4v) is 2.62. The van der Waals surface area contributed by atoms with Crippen LogP contribution in [0.25, 0.3) is 0 Å². The summed E-state index contributed by atoms with van der Waals surface area (Å²) in [6.07, 6.45) is 2.09. The maximum Gasteiger partial charge on any atom is 0.326 e. The molecular formula is C13H20N4O4. The van der Waals surface area contributed by atoms with Gasteiger partial charge in [-0.2, -0.15) is 4.98 Å². The van der Waals surface area contributed by atoms with E-state index in [1.54, 1.807) is 6.92 Å². The van der Waals surface area contributed by atoms with Crippen molar-refractivity contribution in [2.75, 3.05) is 13.1 Å². The van der Waals surface area contributed by atoms with Crippen molar-refractivity contribution in [3.8, 4) is 0 Å². The van der Waals surface area contributed by atoms with Crippen LogP contribution < -0.4 is 5.32 Å². The molecule has 0 saturated carbocycles. The van der Waals surface area contributed by atoms with E-state index in [9.17, 15) is 14.7 Å². The first-order valence-corrected chi connectivity index (χ1v) is 7.05. The molecule has 0 aliphatic carbocycles. The van der Waals surface area contributed by atoms with Crippen LogP contribution in [0.15, 0.2) is 4.52 Å². The van der Waals surface area contributed by atoms with E-state index in [2.05, 4.69) is 15.5 Å². The van der Waals surface area contributed by atoms with Gasteiger partial charge in [0.15, 0.2) is 5.82 Å². The molecule has 21 heavy (non-hydrogen) atoms. The highest BCUT2D eigenvalue weighted by Crippen LogP contribution is 2.23. The van der Waals surface area contributed by atoms with Crippen LogP contribution in [0.2, 0.25) is 0 Å². The standard InChI is InChI=1S/C13H20N4O4/c1-8-4-3-7-17(11(8)12(18)19)13(20)14-6-5-10-15-9(2)21-16-10/h8,11H,3-7H2,1-2H3,(H,14,20)(H,18,19). The molecule has 2 amide bonds. The number of hydrogen-bond donors (Lipinski definition) is 2. The monoisotopic (exact) mass is 296 g/mol. The number of nitrogens with zero attached hydrogens (tertiary/aromatic N) is 3. The largest absolute Gasteiger partial charge is 0.480 e. The quantitative estimate of drug-likeness (QED) is 0.851. The maximum atomic E-state index is 12.1. The van der Waals surface area contributed by atoms with Crippen LogP contribution in [-0.4, -0.2) is 51.3 Å². The Balaban J connectivity index is 1.87. The van der Waals surface area contributed by atoms with E-state index >= 15 is 0 Å². The second kappa shape index (κ2) is 6.55. The number of carbonyl (C=O) groups excluding carboxylic acids is 1. The first-order chi connectivity index (χ1) is 9.99. The predicted octanol–water partition coefficient (Wildman–Crippen LogP) is 0.815. The van der Waals surface area contributed by atoms with Gasteiger partial charge in [-0.1, -0.05) is 12.1 Å². The summed E-state index contributed by atoms with van der Waals surface area (Å²) in [6, 6.07) is -1.11. The van der Waals surface area contributed by atoms with Gasteiger partial charge in [-0.3, -0.25) is 0 Å². The number of nitrogens with one attached hydrogen (secondary N) is 1. The molecule has 0 bridgehead atoms. The fourth-order valence-electron chi connectivity index (χ4n) is 2.62. The van der Waals surface area contributed by atoms with Crippen LogP contribution in [-0.2, 0) is 11.2 Å². The van der Waals surface area contributed by atoms with Crippen molar-refractivity contribution in [3.05, 3.63) is 11.7 Å². The Bertz CT molecular complexity index is 516. The average molecular weight is 296 g/mol. The highest BCUT2D eigenvalue weighted by molar-refractivity contribution is 5.83. The Morgan fingerprint density at radius 3 is 2.90 bits per heavy atom. The summed E-state index contributed by atoms with van der Waals surface area (Å²) in [6.45, 7) is 4.37. The Morgan fingerprint density at radius 2 is 2.29 bits per heavy atom. The molecule has 116 valence electrons. The highest BCUT2D eigenvalue weighted by Gasteiger charge is 2.36. The topological polar surface area (TPSA) is 109 Å². The van der Waals surface area contributed by atoms with Crippen molar-refractivity contribution in [2.45, 2.75) is 39.2 Å². The molecule has 8 nitrogen and oxygen atoms in total. The number of amides is 2. The zero-order chi connectivity index (χ0) is 15.4. The Hall–Kier alpha value is -2.12. The molecule has 2 atom stereocenters. The van der Waals surface area contributed by atoms with Gasteiger partial charge in [0.05, 0.1) is 0 Å². The van der Waals surface area contributed by atoms with Crippen LogP contribution in [0.3, 0.4) is 0 Å². The van der Waals surface area contributed by atoms with Gasteiger partial charge in [-0.15, -0.1) is 0 Å². The minimum Gasteiger partial charge on any atom is -0.480 e. The molecule has 2 heterocycles. The van der Waals surface area contributed by atoms with Crippen molar-refractivity contribution in [2.24, 2.45) is 5.92 Å². The lowest BCUT2D eigenvalue weighted by atomic mass is 9.91. The summed E-state index contributed by atoms with van der Waals surface area (Å²) in [4.78, 5) is 28.9. The zero-order valence-electron chi connectivity index (χ0n) is 12.2. The minimum absolute atomic E-state index is 0.0399. The Morgan fingerprint density at radius 1 is 1.52 bits per heavy atom. The number of rotatable bonds is 4. The summed E-state index contributed by atoms with van der Waals surface area (Å²) in [5.74, 6) is 0.00900. The van der Waals surface area contributed by atoms with Crippen molar-refractivity contribution >= 4 is 12.0 Å². The lowest BCUT2D eigenvalue weighted by Gasteiger charge is -2.37. The lowest BCUT2D eigenvalue weighted by molar-refractivity contribution is -0.145. The summed E-state index contributed by atoms with van der Waals surface area (Å²) < 4.78 is 4.84. The molecule has 1 aliphatic rings. The lowest BCUT2D eigenvalue weighted by Crippen LogP contribution is -2.55. The predicted molar refractivity (Wildman–Crippen MR) is 72.7 cm³/mol. The average Bonchev–Trinajstić information content (AvgIpc) is 2.83. The van der Waals surface area contributed by atoms with Gasteiger partial charge in [-0.25, -0.2) is 9.59 Å². The van der Waals surface area contributed by atoms with E-state index < -0.39 is 12.0 Å². The molecular weight excluding hydrogens is 276 g/mol. The van der Waals surface area contributed by atoms with Crippen molar-refractivity contribution in [3.63, 3.8) is 0 Å². The third-order valence-corrected chi connectivity index (χ3v) is 3.64. The number of carboxylic acid groups (broad SMARTS) is 1. The van der Waals surface area contributed by atoms with Gasteiger partial charge >= 0.3 is 12.0 Å². The van der Waals surface area contributed by atoms with Crippen LogP contribution in [0.5, 0.6) is 0 Å². The number of aromatic nitrogens is 2. The number of hydrogen-bond acceptors (Lipinski definition) is 5. The third-order valence-electron chi connectivity index (χ3n) is 3.64. The van der Waals surface area contributed by atoms with Crippen molar-refractivity contribution in [1.29, 1.82) is 0 Å². The number of carboxylic acids is 1. The summed E-state index contributed by atoms with van der Waals surface area (Å²) in [7, 11) is 0. The van der Waals surface area contributed by atoms with Crippen LogP contribution in [0, 0.1) is 12.8 Å². The summed E-state index contributed by atoms with van der Waals surface area (Å²) >= 11 is 0. The van der Waals surface area contributed by atoms with Gasteiger partial charge in [0.2, 0.25) is 5.89 Å². The Kier molecular flexibility index (Phi) is 4.77. The SMILES string of the molecule is Cc1nc(CCNC(=O)N2CCCC(C)C2C(=O)O)no1. The molecule has 2 unspecified atom stereocenters. The summed E-state index contributed by atoms with van der Waals surface area (Å²) in [5, 5.41) is 15.7. The molecule has 1 aromatic rings. The van der Waals surface area contributed by atoms with E-state index in [1.165, 1.54) is 4.90 Å². The number of likely N-dealkylation sites (tertiary alicyclic amines) is 1. The van der Waals surface area contributed by atoms with Gasteiger partial charge < -0.3 is 19.8 Å². The van der Waals surface area contributed by atoms with E-state index in [-0.39, 0.29) is 11.9 Å². The second-order valence-electron chi connectivity index (χ2n) is 5.31. The van der Waals surface area contributed by atoms with Gasteiger partial charge in [0.25, 0.3) is 0 Å². The molecule has 8 heteroatoms. The Labute approximate surface area is 122 Å². The molecule has 2 N–H and O–H groups in total. The second-order valence-corrected chi connectivity index (χ2v) is 5.31. The van der Waals surface area contributed by atoms with Gasteiger partial charge in [0, 0.05) is 26.4 Å². The molecule has 1 aromatic heterocycles. The minimum atomic E-state index is -0.953. The third kappa shape index (κ3) is 3.71. The molecule has 1 saturated heterocycles. The van der Waals surface area contributed by atoms with Gasteiger partial charge in [-0.05, 0) is 18.8 Å². The molecule has 1 aliphatic heterocycles. The van der Waals surface area contributed by atoms with Crippen molar-refractivity contribution in [1.82, 2.24) is 20.4 Å². The smallest absolute Gasteiger partial charge is 0.326 e. The first kappa shape index (κ1) is 15.3. The number of carbonyl (C=O) groups is 2. The molecule has 1 fully saturated rings. The number of aryl methyl sites for hydroxylation is 1. The van der Waals surface area contributed by atoms with Gasteiger partial charge in [0.1, 0.15) is 6.04 Å². The van der Waals surface area contributed by atoms with E-state index in [4.69, 9.17) is 4.52 Å². The normalized spacial score (nSPS) is 22.1. The van der Waals surface area contributed by atoms with E-state index in [1.807, 2.05) is 6.92 Å². The zero-order valence-corrected chi connectivity index (χ0v) is 12.2. The summed E-state index contributed by atoms with van der Waals surface area (Å²) in [5.41, 5.74) is 0. The van der Waals surface area contributed by atoms with E-state index in [0.717, 1.165) is 12.8 Å². The van der Waals surface area contributed by atoms with Crippen LogP contribution in [0.1, 0.15) is 31.5 Å². The van der Waals surface area contributed by atoms with Crippen LogP contribution >= 0.6 is 0 Å². The van der Waals surface area contributed by atoms with Crippen molar-refractivity contribution < 1.29 is 19.2 Å². The number of urea groups is 1. The molecule has 0 spiro atoms. The van der Waals surface area contributed by atoms with E-state index in [0.29, 0.717) is 31.2 Å². The van der Waals surface area contributed by atoms with Crippen LogP contribution in [0.4, 0.5) is 4.79 Å². The first-order valence-electron chi connectivity index (χ1n) is 7.05. The molecule has 2 rings (SSSR count). The molecule has 0 aromatic carbocycles. The number of piperidine rings is 1. The fraction of sp³-hybridized carbons (Fsp3) is 0.692. The number of aliphatic carboxylic acids is 1. The maximum absolute atomic E-state index is 12.1.